The lowest BCUT2D eigenvalue weighted by molar-refractivity contribution is 0.102. The Morgan fingerprint density at radius 3 is 2.45 bits per heavy atom. The van der Waals surface area contributed by atoms with Crippen LogP contribution in [0.2, 0.25) is 0 Å². The third-order valence-corrected chi connectivity index (χ3v) is 1.77. The molecule has 0 aromatic carbocycles. The van der Waals surface area contributed by atoms with Crippen molar-refractivity contribution in [3.63, 3.8) is 0 Å². The SMILES string of the molecule is O=C(Cl)N(CC(F)F)C1CC1. The van der Waals surface area contributed by atoms with Gasteiger partial charge in [-0.05, 0) is 24.4 Å². The number of hydrogen-bond donors (Lipinski definition) is 0. The molecule has 0 unspecified atom stereocenters. The van der Waals surface area contributed by atoms with Crippen molar-refractivity contribution in [2.24, 2.45) is 0 Å². The first kappa shape index (κ1) is 8.71. The summed E-state index contributed by atoms with van der Waals surface area (Å²) in [4.78, 5) is 11.5. The zero-order valence-electron chi connectivity index (χ0n) is 5.77. The monoisotopic (exact) mass is 183 g/mol. The highest BCUT2D eigenvalue weighted by molar-refractivity contribution is 6.62. The number of alkyl halides is 2. The Balaban J connectivity index is 2.38. The summed E-state index contributed by atoms with van der Waals surface area (Å²) in [6.07, 6.45) is -0.894. The smallest absolute Gasteiger partial charge is 0.316 e. The van der Waals surface area contributed by atoms with E-state index in [2.05, 4.69) is 0 Å². The highest BCUT2D eigenvalue weighted by Crippen LogP contribution is 2.28. The van der Waals surface area contributed by atoms with E-state index in [1.165, 1.54) is 0 Å². The predicted octanol–water partition coefficient (Wildman–Crippen LogP) is 2.07. The van der Waals surface area contributed by atoms with Gasteiger partial charge in [-0.3, -0.25) is 4.79 Å². The van der Waals surface area contributed by atoms with Crippen LogP contribution in [-0.2, 0) is 0 Å². The van der Waals surface area contributed by atoms with Crippen molar-refractivity contribution >= 4 is 17.0 Å². The minimum absolute atomic E-state index is 0.0333. The van der Waals surface area contributed by atoms with Crippen molar-refractivity contribution < 1.29 is 13.6 Å². The zero-order valence-corrected chi connectivity index (χ0v) is 6.52. The number of hydrogen-bond acceptors (Lipinski definition) is 1. The molecule has 5 heteroatoms. The van der Waals surface area contributed by atoms with E-state index in [1.54, 1.807) is 0 Å². The molecule has 0 bridgehead atoms. The topological polar surface area (TPSA) is 20.3 Å². The normalized spacial score (nSPS) is 17.1. The Bertz CT molecular complexity index is 161. The van der Waals surface area contributed by atoms with Crippen LogP contribution >= 0.6 is 11.6 Å². The van der Waals surface area contributed by atoms with E-state index in [0.29, 0.717) is 0 Å². The average Bonchev–Trinajstić information content (AvgIpc) is 2.63. The summed E-state index contributed by atoms with van der Waals surface area (Å²) < 4.78 is 23.6. The summed E-state index contributed by atoms with van der Waals surface area (Å²) in [6.45, 7) is -0.535. The van der Waals surface area contributed by atoms with Gasteiger partial charge in [0.05, 0.1) is 6.54 Å². The maximum Gasteiger partial charge on any atom is 0.316 e. The molecule has 1 rings (SSSR count). The third-order valence-electron chi connectivity index (χ3n) is 1.55. The molecule has 0 aromatic heterocycles. The summed E-state index contributed by atoms with van der Waals surface area (Å²) in [5.41, 5.74) is 0. The van der Waals surface area contributed by atoms with Gasteiger partial charge < -0.3 is 4.90 Å². The van der Waals surface area contributed by atoms with E-state index in [4.69, 9.17) is 11.6 Å². The molecule has 1 aliphatic rings. The number of nitrogens with zero attached hydrogens (tertiary/aromatic N) is 1. The maximum absolute atomic E-state index is 11.8. The fourth-order valence-electron chi connectivity index (χ4n) is 0.899. The Morgan fingerprint density at radius 2 is 2.18 bits per heavy atom. The summed E-state index contributed by atoms with van der Waals surface area (Å²) in [5, 5.41) is -0.771. The second-order valence-corrected chi connectivity index (χ2v) is 2.85. The molecule has 11 heavy (non-hydrogen) atoms. The summed E-state index contributed by atoms with van der Waals surface area (Å²) in [7, 11) is 0. The van der Waals surface area contributed by atoms with Gasteiger partial charge in [-0.1, -0.05) is 0 Å². The number of rotatable bonds is 3. The van der Waals surface area contributed by atoms with Crippen LogP contribution in [-0.4, -0.2) is 29.3 Å². The Morgan fingerprint density at radius 1 is 1.64 bits per heavy atom. The quantitative estimate of drug-likeness (QED) is 0.485. The van der Waals surface area contributed by atoms with E-state index < -0.39 is 18.3 Å². The molecule has 64 valence electrons. The molecule has 1 aliphatic carbocycles. The van der Waals surface area contributed by atoms with Gasteiger partial charge in [0.15, 0.2) is 0 Å². The van der Waals surface area contributed by atoms with Gasteiger partial charge in [0, 0.05) is 6.04 Å². The molecule has 0 heterocycles. The predicted molar refractivity (Wildman–Crippen MR) is 37.0 cm³/mol. The van der Waals surface area contributed by atoms with Crippen LogP contribution in [0.25, 0.3) is 0 Å². The molecule has 0 atom stereocenters. The molecule has 0 aromatic rings. The van der Waals surface area contributed by atoms with Crippen LogP contribution in [0.5, 0.6) is 0 Å². The average molecular weight is 184 g/mol. The van der Waals surface area contributed by atoms with Gasteiger partial charge in [-0.25, -0.2) is 8.78 Å². The number of halogens is 3. The van der Waals surface area contributed by atoms with Crippen molar-refractivity contribution in [2.45, 2.75) is 25.3 Å². The highest BCUT2D eigenvalue weighted by Gasteiger charge is 2.33. The number of amides is 1. The first-order valence-corrected chi connectivity index (χ1v) is 3.73. The highest BCUT2D eigenvalue weighted by atomic mass is 35.5. The lowest BCUT2D eigenvalue weighted by atomic mass is 10.5. The molecule has 1 saturated carbocycles. The second kappa shape index (κ2) is 3.34. The van der Waals surface area contributed by atoms with Crippen molar-refractivity contribution in [2.75, 3.05) is 6.54 Å². The minimum Gasteiger partial charge on any atom is -0.321 e. The molecule has 1 amide bonds. The van der Waals surface area contributed by atoms with E-state index in [9.17, 15) is 13.6 Å². The van der Waals surface area contributed by atoms with Crippen molar-refractivity contribution in [3.05, 3.63) is 0 Å². The molecular weight excluding hydrogens is 176 g/mol. The molecular formula is C6H8ClF2NO. The zero-order chi connectivity index (χ0) is 8.43. The molecule has 0 saturated heterocycles. The third kappa shape index (κ3) is 2.61. The van der Waals surface area contributed by atoms with E-state index in [1.807, 2.05) is 0 Å². The summed E-state index contributed by atoms with van der Waals surface area (Å²) >= 11 is 5.08. The van der Waals surface area contributed by atoms with E-state index in [0.717, 1.165) is 17.7 Å². The van der Waals surface area contributed by atoms with Crippen LogP contribution in [0.3, 0.4) is 0 Å². The number of carbonyl (C=O) groups is 1. The summed E-state index contributed by atoms with van der Waals surface area (Å²) in [6, 6.07) is -0.0333. The van der Waals surface area contributed by atoms with Crippen LogP contribution < -0.4 is 0 Å². The van der Waals surface area contributed by atoms with Crippen LogP contribution in [0, 0.1) is 0 Å². The fraction of sp³-hybridized carbons (Fsp3) is 0.833. The Labute approximate surface area is 68.1 Å². The largest absolute Gasteiger partial charge is 0.321 e. The van der Waals surface area contributed by atoms with Crippen molar-refractivity contribution in [1.29, 1.82) is 0 Å². The lowest BCUT2D eigenvalue weighted by Crippen LogP contribution is -2.33. The van der Waals surface area contributed by atoms with Gasteiger partial charge in [0.1, 0.15) is 0 Å². The molecule has 0 aliphatic heterocycles. The first-order valence-electron chi connectivity index (χ1n) is 3.35. The molecule has 2 nitrogen and oxygen atoms in total. The van der Waals surface area contributed by atoms with Crippen LogP contribution in [0.4, 0.5) is 13.6 Å². The first-order chi connectivity index (χ1) is 5.11. The van der Waals surface area contributed by atoms with Gasteiger partial charge in [0.2, 0.25) is 0 Å². The van der Waals surface area contributed by atoms with Gasteiger partial charge in [0.25, 0.3) is 6.43 Å². The summed E-state index contributed by atoms with van der Waals surface area (Å²) in [5.74, 6) is 0. The second-order valence-electron chi connectivity index (χ2n) is 2.53. The van der Waals surface area contributed by atoms with E-state index in [-0.39, 0.29) is 6.04 Å². The van der Waals surface area contributed by atoms with E-state index >= 15 is 0 Å². The van der Waals surface area contributed by atoms with Crippen LogP contribution in [0.1, 0.15) is 12.8 Å². The molecule has 0 spiro atoms. The van der Waals surface area contributed by atoms with Crippen molar-refractivity contribution in [3.8, 4) is 0 Å². The van der Waals surface area contributed by atoms with Gasteiger partial charge in [-0.2, -0.15) is 0 Å². The standard InChI is InChI=1S/C6H8ClF2NO/c7-6(11)10(3-5(8)9)4-1-2-4/h4-5H,1-3H2. The van der Waals surface area contributed by atoms with Gasteiger partial charge in [-0.15, -0.1) is 0 Å². The molecule has 1 fully saturated rings. The molecule has 0 N–H and O–H groups in total. The van der Waals surface area contributed by atoms with Crippen LogP contribution in [0.15, 0.2) is 0 Å². The van der Waals surface area contributed by atoms with Gasteiger partial charge >= 0.3 is 5.37 Å². The Hall–Kier alpha value is -0.380. The lowest BCUT2D eigenvalue weighted by Gasteiger charge is -2.17. The number of carbonyl (C=O) groups excluding carboxylic acids is 1. The molecule has 0 radical (unpaired) electrons. The van der Waals surface area contributed by atoms with Crippen molar-refractivity contribution in [1.82, 2.24) is 4.90 Å². The fourth-order valence-corrected chi connectivity index (χ4v) is 1.11. The maximum atomic E-state index is 11.8. The Kier molecular flexibility index (Phi) is 2.65. The minimum atomic E-state index is -2.49.